The first-order chi connectivity index (χ1) is 22.1. The Kier molecular flexibility index (Phi) is 13.6. The number of ether oxygens (including phenoxy) is 7. The number of amidine groups is 1. The molecular weight excluding hydrogens is 592 g/mol. The van der Waals surface area contributed by atoms with Gasteiger partial charge >= 0.3 is 6.16 Å². The van der Waals surface area contributed by atoms with E-state index in [-0.39, 0.29) is 49.3 Å². The first-order valence-electron chi connectivity index (χ1n) is 17.6. The molecule has 0 aromatic heterocycles. The molecule has 0 radical (unpaired) electrons. The van der Waals surface area contributed by atoms with E-state index in [1.54, 1.807) is 28.3 Å². The molecule has 46 heavy (non-hydrogen) atoms. The van der Waals surface area contributed by atoms with E-state index in [1.165, 1.54) is 6.42 Å². The van der Waals surface area contributed by atoms with Gasteiger partial charge in [-0.2, -0.15) is 0 Å². The number of oxime groups is 1. The highest BCUT2D eigenvalue weighted by Gasteiger charge is 2.68. The van der Waals surface area contributed by atoms with Gasteiger partial charge in [0.15, 0.2) is 0 Å². The number of methoxy groups -OCH3 is 3. The third kappa shape index (κ3) is 7.70. The van der Waals surface area contributed by atoms with Gasteiger partial charge in [-0.1, -0.05) is 39.3 Å². The van der Waals surface area contributed by atoms with E-state index < -0.39 is 6.16 Å². The van der Waals surface area contributed by atoms with Crippen molar-refractivity contribution in [2.45, 2.75) is 111 Å². The van der Waals surface area contributed by atoms with Gasteiger partial charge in [0.25, 0.3) is 0 Å². The second kappa shape index (κ2) is 16.7. The lowest BCUT2D eigenvalue weighted by atomic mass is 9.40. The maximum atomic E-state index is 11.6. The number of carbonyl (C=O) groups is 1. The Labute approximate surface area is 276 Å². The van der Waals surface area contributed by atoms with Crippen molar-refractivity contribution in [2.24, 2.45) is 63.1 Å². The van der Waals surface area contributed by atoms with Crippen molar-refractivity contribution in [1.82, 2.24) is 0 Å². The number of nitrogens with two attached hydrogens (primary N) is 1. The largest absolute Gasteiger partial charge is 0.535 e. The molecule has 0 spiro atoms. The average Bonchev–Trinajstić information content (AvgIpc) is 3.39. The molecule has 0 bridgehead atoms. The Morgan fingerprint density at radius 1 is 0.935 bits per heavy atom. The summed E-state index contributed by atoms with van der Waals surface area (Å²) in [6, 6.07) is 0. The van der Waals surface area contributed by atoms with Gasteiger partial charge in [0.05, 0.1) is 24.9 Å². The van der Waals surface area contributed by atoms with Crippen LogP contribution < -0.4 is 5.73 Å². The number of hydrogen-bond donors (Lipinski definition) is 1. The monoisotopic (exact) mass is 654 g/mol. The normalized spacial score (nSPS) is 39.7. The van der Waals surface area contributed by atoms with E-state index in [4.69, 9.17) is 43.7 Å². The molecule has 0 saturated heterocycles. The Hall–Kier alpha value is -1.50. The van der Waals surface area contributed by atoms with Gasteiger partial charge in [-0.3, -0.25) is 4.84 Å². The lowest BCUT2D eigenvalue weighted by Gasteiger charge is -2.67. The number of nitrogens with zero attached hydrogens (tertiary/aromatic N) is 1. The van der Waals surface area contributed by atoms with E-state index in [2.05, 4.69) is 32.9 Å². The summed E-state index contributed by atoms with van der Waals surface area (Å²) in [4.78, 5) is 16.4. The Morgan fingerprint density at radius 2 is 1.63 bits per heavy atom. The van der Waals surface area contributed by atoms with Crippen LogP contribution in [0.2, 0.25) is 0 Å². The lowest BCUT2D eigenvalue weighted by Crippen LogP contribution is -2.66. The molecule has 2 N–H and O–H groups in total. The van der Waals surface area contributed by atoms with Gasteiger partial charge in [-0.15, -0.1) is 0 Å². The Morgan fingerprint density at radius 3 is 2.30 bits per heavy atom. The minimum atomic E-state index is -0.835. The van der Waals surface area contributed by atoms with E-state index in [0.717, 1.165) is 44.9 Å². The fourth-order valence-electron chi connectivity index (χ4n) is 10.8. The minimum Gasteiger partial charge on any atom is -0.433 e. The summed E-state index contributed by atoms with van der Waals surface area (Å²) in [6.45, 7) is 12.5. The quantitative estimate of drug-likeness (QED) is 0.0503. The molecule has 0 aromatic carbocycles. The van der Waals surface area contributed by atoms with Crippen molar-refractivity contribution < 1.29 is 42.8 Å². The second-order valence-corrected chi connectivity index (χ2v) is 14.8. The minimum absolute atomic E-state index is 0.0546. The summed E-state index contributed by atoms with van der Waals surface area (Å²) < 4.78 is 40.9. The van der Waals surface area contributed by atoms with E-state index in [9.17, 15) is 4.79 Å². The van der Waals surface area contributed by atoms with E-state index in [0.29, 0.717) is 60.5 Å². The highest BCUT2D eigenvalue weighted by molar-refractivity contribution is 5.80. The Bertz CT molecular complexity index is 999. The number of hydrogen-bond acceptors (Lipinski definition) is 10. The summed E-state index contributed by atoms with van der Waals surface area (Å²) in [5.74, 6) is 3.22. The van der Waals surface area contributed by atoms with Gasteiger partial charge in [0.2, 0.25) is 0 Å². The van der Waals surface area contributed by atoms with Gasteiger partial charge in [-0.05, 0) is 104 Å². The van der Waals surface area contributed by atoms with Crippen molar-refractivity contribution in [2.75, 3.05) is 48.3 Å². The highest BCUT2D eigenvalue weighted by atomic mass is 16.8. The SMILES string of the molecule is CCOC(=O)ON=C(N)CC[C@@H](C)[C@H]1CCC2C3C([C@@H](OCOC)C[C@@]21C)[C@@]1(C)CC[C@@H](OCOC)C[C@H]1[C@@H](CC)[C@H]3OCOC. The van der Waals surface area contributed by atoms with Crippen LogP contribution in [0.1, 0.15) is 92.4 Å². The van der Waals surface area contributed by atoms with Crippen molar-refractivity contribution in [3.8, 4) is 0 Å². The van der Waals surface area contributed by atoms with Crippen molar-refractivity contribution in [3.05, 3.63) is 0 Å². The second-order valence-electron chi connectivity index (χ2n) is 14.8. The van der Waals surface area contributed by atoms with E-state index >= 15 is 0 Å². The maximum absolute atomic E-state index is 11.6. The van der Waals surface area contributed by atoms with Crippen LogP contribution in [0.5, 0.6) is 0 Å². The van der Waals surface area contributed by atoms with Crippen LogP contribution in [-0.2, 0) is 38.0 Å². The van der Waals surface area contributed by atoms with Crippen LogP contribution in [0.25, 0.3) is 0 Å². The summed E-state index contributed by atoms with van der Waals surface area (Å²) in [6.07, 6.45) is 8.40. The number of rotatable bonds is 16. The van der Waals surface area contributed by atoms with Gasteiger partial charge in [-0.25, -0.2) is 4.79 Å². The molecule has 4 fully saturated rings. The third-order valence-electron chi connectivity index (χ3n) is 12.6. The molecule has 0 aliphatic heterocycles. The molecule has 4 saturated carbocycles. The lowest BCUT2D eigenvalue weighted by molar-refractivity contribution is -0.275. The summed E-state index contributed by atoms with van der Waals surface area (Å²) in [7, 11) is 5.12. The fourth-order valence-corrected chi connectivity index (χ4v) is 10.8. The summed E-state index contributed by atoms with van der Waals surface area (Å²) in [5.41, 5.74) is 6.29. The molecule has 11 nitrogen and oxygen atoms in total. The molecular formula is C35H62N2O9. The molecule has 0 heterocycles. The van der Waals surface area contributed by atoms with Crippen molar-refractivity contribution in [1.29, 1.82) is 0 Å². The predicted molar refractivity (Wildman–Crippen MR) is 174 cm³/mol. The van der Waals surface area contributed by atoms with Crippen LogP contribution >= 0.6 is 0 Å². The molecule has 4 rings (SSSR count). The van der Waals surface area contributed by atoms with E-state index in [1.807, 2.05) is 0 Å². The number of fused-ring (bicyclic) bond motifs is 5. The van der Waals surface area contributed by atoms with Crippen LogP contribution in [0.3, 0.4) is 0 Å². The first-order valence-corrected chi connectivity index (χ1v) is 17.6. The molecule has 3 unspecified atom stereocenters. The van der Waals surface area contributed by atoms with Gasteiger partial charge < -0.3 is 38.9 Å². The molecule has 12 atom stereocenters. The van der Waals surface area contributed by atoms with Gasteiger partial charge in [0.1, 0.15) is 26.2 Å². The van der Waals surface area contributed by atoms with Crippen molar-refractivity contribution >= 4 is 12.0 Å². The third-order valence-corrected chi connectivity index (χ3v) is 12.6. The highest BCUT2D eigenvalue weighted by Crippen LogP contribution is 2.70. The molecule has 266 valence electrons. The summed E-state index contributed by atoms with van der Waals surface area (Å²) in [5, 5.41) is 3.81. The smallest absolute Gasteiger partial charge is 0.433 e. The predicted octanol–water partition coefficient (Wildman–Crippen LogP) is 6.33. The maximum Gasteiger partial charge on any atom is 0.535 e. The molecule has 11 heteroatoms. The zero-order valence-electron chi connectivity index (χ0n) is 29.7. The topological polar surface area (TPSA) is 129 Å². The van der Waals surface area contributed by atoms with Crippen LogP contribution in [0.15, 0.2) is 5.16 Å². The molecule has 0 amide bonds. The molecule has 4 aliphatic rings. The fraction of sp³-hybridized carbons (Fsp3) is 0.943. The standard InChI is InChI=1S/C35H62N2O9/c1-9-24-27-17-23(43-19-39-6)15-16-34(27,4)31-28(44-20-40-7)18-35(5)25(12-13-26(35)30(31)32(24)45-21-41-8)22(3)11-14-29(36)37-46-33(38)42-10-2/h22-28,30-32H,9-21H2,1-8H3,(H2,36,37)/t22-,23-,24-,25-,26?,27+,28+,30?,31?,32-,34+,35-/m1/s1. The number of carbonyl (C=O) groups excluding carboxylic acids is 1. The molecule has 0 aromatic rings. The van der Waals surface area contributed by atoms with Crippen LogP contribution in [-0.4, -0.2) is 78.6 Å². The van der Waals surface area contributed by atoms with Crippen LogP contribution in [0, 0.1) is 52.3 Å². The zero-order valence-corrected chi connectivity index (χ0v) is 29.7. The van der Waals surface area contributed by atoms with Gasteiger partial charge in [0, 0.05) is 27.8 Å². The first kappa shape index (κ1) is 37.3. The molecule has 4 aliphatic carbocycles. The van der Waals surface area contributed by atoms with Crippen LogP contribution in [0.4, 0.5) is 4.79 Å². The van der Waals surface area contributed by atoms with Crippen molar-refractivity contribution in [3.63, 3.8) is 0 Å². The Balaban J connectivity index is 1.64. The summed E-state index contributed by atoms with van der Waals surface area (Å²) >= 11 is 0. The zero-order chi connectivity index (χ0) is 33.5. The average molecular weight is 655 g/mol.